The van der Waals surface area contributed by atoms with Gasteiger partial charge in [-0.15, -0.1) is 0 Å². The van der Waals surface area contributed by atoms with Gasteiger partial charge in [0.1, 0.15) is 0 Å². The van der Waals surface area contributed by atoms with E-state index in [9.17, 15) is 13.5 Å². The van der Waals surface area contributed by atoms with E-state index in [0.717, 1.165) is 31.6 Å². The van der Waals surface area contributed by atoms with Crippen molar-refractivity contribution in [2.75, 3.05) is 23.7 Å². The highest BCUT2D eigenvalue weighted by atomic mass is 32.2. The third-order valence-corrected chi connectivity index (χ3v) is 5.53. The van der Waals surface area contributed by atoms with Crippen LogP contribution in [-0.4, -0.2) is 38.0 Å². The van der Waals surface area contributed by atoms with E-state index in [-0.39, 0.29) is 5.75 Å². The molecule has 1 saturated heterocycles. The first-order valence-corrected chi connectivity index (χ1v) is 8.29. The van der Waals surface area contributed by atoms with Crippen LogP contribution in [0.5, 0.6) is 0 Å². The van der Waals surface area contributed by atoms with Crippen molar-refractivity contribution in [3.05, 3.63) is 24.3 Å². The van der Waals surface area contributed by atoms with Crippen LogP contribution in [0.3, 0.4) is 0 Å². The van der Waals surface area contributed by atoms with Crippen molar-refractivity contribution in [3.8, 4) is 0 Å². The van der Waals surface area contributed by atoms with Gasteiger partial charge in [0.2, 0.25) is 0 Å². The SMILES string of the molecule is CCS(=O)(=O)c1ccc(N2CCC(C)(O)CC2)cc1. The summed E-state index contributed by atoms with van der Waals surface area (Å²) in [6.07, 6.45) is 1.48. The van der Waals surface area contributed by atoms with Crippen LogP contribution in [0.25, 0.3) is 0 Å². The molecule has 0 bridgehead atoms. The Hall–Kier alpha value is -1.07. The summed E-state index contributed by atoms with van der Waals surface area (Å²) in [5.41, 5.74) is 0.452. The van der Waals surface area contributed by atoms with E-state index in [2.05, 4.69) is 4.90 Å². The lowest BCUT2D eigenvalue weighted by Crippen LogP contribution is -2.42. The molecule has 0 aliphatic carbocycles. The highest BCUT2D eigenvalue weighted by Gasteiger charge is 2.27. The number of rotatable bonds is 3. The first-order valence-electron chi connectivity index (χ1n) is 6.64. The number of piperidine rings is 1. The fourth-order valence-corrected chi connectivity index (χ4v) is 3.16. The van der Waals surface area contributed by atoms with Crippen LogP contribution in [0.4, 0.5) is 5.69 Å². The summed E-state index contributed by atoms with van der Waals surface area (Å²) < 4.78 is 23.5. The van der Waals surface area contributed by atoms with Crippen LogP contribution in [0, 0.1) is 0 Å². The second kappa shape index (κ2) is 5.13. The van der Waals surface area contributed by atoms with Crippen molar-refractivity contribution in [3.63, 3.8) is 0 Å². The zero-order valence-electron chi connectivity index (χ0n) is 11.5. The molecule has 0 atom stereocenters. The number of nitrogens with zero attached hydrogens (tertiary/aromatic N) is 1. The van der Waals surface area contributed by atoms with Crippen LogP contribution < -0.4 is 4.90 Å². The highest BCUT2D eigenvalue weighted by Crippen LogP contribution is 2.26. The minimum atomic E-state index is -3.12. The summed E-state index contributed by atoms with van der Waals surface area (Å²) in [6.45, 7) is 5.11. The number of sulfone groups is 1. The third kappa shape index (κ3) is 3.28. The van der Waals surface area contributed by atoms with E-state index in [1.54, 1.807) is 19.1 Å². The summed E-state index contributed by atoms with van der Waals surface area (Å²) in [4.78, 5) is 2.56. The van der Waals surface area contributed by atoms with Gasteiger partial charge >= 0.3 is 0 Å². The van der Waals surface area contributed by atoms with Gasteiger partial charge < -0.3 is 10.0 Å². The molecule has 1 heterocycles. The van der Waals surface area contributed by atoms with Gasteiger partial charge in [0, 0.05) is 18.8 Å². The molecule has 0 radical (unpaired) electrons. The summed E-state index contributed by atoms with van der Waals surface area (Å²) in [5, 5.41) is 9.92. The minimum Gasteiger partial charge on any atom is -0.390 e. The Bertz CT molecular complexity index is 524. The lowest BCUT2D eigenvalue weighted by molar-refractivity contribution is 0.0351. The van der Waals surface area contributed by atoms with Crippen LogP contribution in [-0.2, 0) is 9.84 Å². The topological polar surface area (TPSA) is 57.6 Å². The Balaban J connectivity index is 2.12. The molecule has 1 aromatic rings. The highest BCUT2D eigenvalue weighted by molar-refractivity contribution is 7.91. The minimum absolute atomic E-state index is 0.124. The lowest BCUT2D eigenvalue weighted by Gasteiger charge is -2.37. The van der Waals surface area contributed by atoms with Gasteiger partial charge in [-0.25, -0.2) is 8.42 Å². The lowest BCUT2D eigenvalue weighted by atomic mass is 9.93. The zero-order valence-corrected chi connectivity index (χ0v) is 12.3. The Labute approximate surface area is 115 Å². The van der Waals surface area contributed by atoms with Gasteiger partial charge in [-0.3, -0.25) is 0 Å². The number of anilines is 1. The van der Waals surface area contributed by atoms with Gasteiger partial charge in [0.25, 0.3) is 0 Å². The van der Waals surface area contributed by atoms with E-state index >= 15 is 0 Å². The molecule has 0 amide bonds. The van der Waals surface area contributed by atoms with Crippen LogP contribution >= 0.6 is 0 Å². The summed E-state index contributed by atoms with van der Waals surface area (Å²) >= 11 is 0. The quantitative estimate of drug-likeness (QED) is 0.919. The molecule has 106 valence electrons. The van der Waals surface area contributed by atoms with Crippen molar-refractivity contribution in [1.29, 1.82) is 0 Å². The fraction of sp³-hybridized carbons (Fsp3) is 0.571. The molecular formula is C14H21NO3S. The van der Waals surface area contributed by atoms with Gasteiger partial charge in [-0.1, -0.05) is 6.92 Å². The molecule has 1 fully saturated rings. The largest absolute Gasteiger partial charge is 0.390 e. The first kappa shape index (κ1) is 14.3. The third-order valence-electron chi connectivity index (χ3n) is 3.78. The normalized spacial score (nSPS) is 19.4. The van der Waals surface area contributed by atoms with Crippen LogP contribution in [0.15, 0.2) is 29.2 Å². The first-order chi connectivity index (χ1) is 8.84. The fourth-order valence-electron chi connectivity index (χ4n) is 2.28. The second-order valence-corrected chi connectivity index (χ2v) is 7.66. The molecule has 1 aromatic carbocycles. The Morgan fingerprint density at radius 2 is 1.74 bits per heavy atom. The molecule has 5 heteroatoms. The maximum atomic E-state index is 11.7. The molecule has 1 aliphatic rings. The molecule has 2 rings (SSSR count). The second-order valence-electron chi connectivity index (χ2n) is 5.38. The maximum Gasteiger partial charge on any atom is 0.178 e. The van der Waals surface area contributed by atoms with E-state index in [1.165, 1.54) is 0 Å². The van der Waals surface area contributed by atoms with Crippen molar-refractivity contribution in [1.82, 2.24) is 0 Å². The van der Waals surface area contributed by atoms with Crippen molar-refractivity contribution < 1.29 is 13.5 Å². The summed E-state index contributed by atoms with van der Waals surface area (Å²) in [7, 11) is -3.12. The average molecular weight is 283 g/mol. The molecule has 0 saturated carbocycles. The van der Waals surface area contributed by atoms with E-state index in [0.29, 0.717) is 4.90 Å². The Morgan fingerprint density at radius 1 is 1.21 bits per heavy atom. The number of benzene rings is 1. The monoisotopic (exact) mass is 283 g/mol. The molecular weight excluding hydrogens is 262 g/mol. The zero-order chi connectivity index (χ0) is 14.1. The number of hydrogen-bond acceptors (Lipinski definition) is 4. The maximum absolute atomic E-state index is 11.7. The van der Waals surface area contributed by atoms with Gasteiger partial charge in [0.05, 0.1) is 16.2 Å². The van der Waals surface area contributed by atoms with Gasteiger partial charge in [-0.05, 0) is 44.0 Å². The van der Waals surface area contributed by atoms with E-state index < -0.39 is 15.4 Å². The molecule has 4 nitrogen and oxygen atoms in total. The predicted molar refractivity (Wildman–Crippen MR) is 76.2 cm³/mol. The van der Waals surface area contributed by atoms with Crippen molar-refractivity contribution in [2.24, 2.45) is 0 Å². The van der Waals surface area contributed by atoms with Crippen molar-refractivity contribution >= 4 is 15.5 Å². The predicted octanol–water partition coefficient (Wildman–Crippen LogP) is 1.83. The molecule has 0 spiro atoms. The number of hydrogen-bond donors (Lipinski definition) is 1. The Kier molecular flexibility index (Phi) is 3.87. The van der Waals surface area contributed by atoms with Gasteiger partial charge in [0.15, 0.2) is 9.84 Å². The summed E-state index contributed by atoms with van der Waals surface area (Å²) in [6, 6.07) is 7.03. The number of aliphatic hydroxyl groups is 1. The van der Waals surface area contributed by atoms with Gasteiger partial charge in [-0.2, -0.15) is 0 Å². The van der Waals surface area contributed by atoms with Crippen molar-refractivity contribution in [2.45, 2.75) is 37.2 Å². The molecule has 0 aromatic heterocycles. The molecule has 1 N–H and O–H groups in total. The summed E-state index contributed by atoms with van der Waals surface area (Å²) in [5.74, 6) is 0.124. The molecule has 0 unspecified atom stereocenters. The molecule has 1 aliphatic heterocycles. The van der Waals surface area contributed by atoms with E-state index in [4.69, 9.17) is 0 Å². The van der Waals surface area contributed by atoms with E-state index in [1.807, 2.05) is 19.1 Å². The molecule has 19 heavy (non-hydrogen) atoms. The van der Waals surface area contributed by atoms with Crippen LogP contribution in [0.1, 0.15) is 26.7 Å². The standard InChI is InChI=1S/C14H21NO3S/c1-3-19(17,18)13-6-4-12(5-7-13)15-10-8-14(2,16)9-11-15/h4-7,16H,3,8-11H2,1-2H3. The van der Waals surface area contributed by atoms with Crippen LogP contribution in [0.2, 0.25) is 0 Å². The Morgan fingerprint density at radius 3 is 2.21 bits per heavy atom. The average Bonchev–Trinajstić information content (AvgIpc) is 2.39. The smallest absolute Gasteiger partial charge is 0.178 e.